The average molecular weight is 341 g/mol. The number of nitro benzene ring substituents is 1. The third-order valence-corrected chi connectivity index (χ3v) is 4.10. The molecule has 0 atom stereocenters. The smallest absolute Gasteiger partial charge is 0.292 e. The van der Waals surface area contributed by atoms with Gasteiger partial charge in [-0.05, 0) is 35.1 Å². The van der Waals surface area contributed by atoms with Crippen LogP contribution in [0, 0.1) is 10.1 Å². The molecule has 0 unspecified atom stereocenters. The van der Waals surface area contributed by atoms with Gasteiger partial charge in [0.05, 0.1) is 4.92 Å². The number of nitrogens with two attached hydrogens (primary N) is 1. The van der Waals surface area contributed by atoms with Crippen LogP contribution in [0.2, 0.25) is 0 Å². The number of nitrogen functional groups attached to an aromatic ring is 1. The second kappa shape index (κ2) is 7.34. The van der Waals surface area contributed by atoms with Crippen molar-refractivity contribution >= 4 is 23.0 Å². The van der Waals surface area contributed by atoms with Crippen molar-refractivity contribution in [3.63, 3.8) is 0 Å². The summed E-state index contributed by atoms with van der Waals surface area (Å²) in [4.78, 5) is 23.1. The van der Waals surface area contributed by atoms with Crippen LogP contribution in [0.3, 0.4) is 0 Å². The lowest BCUT2D eigenvalue weighted by atomic mass is 9.92. The fourth-order valence-electron chi connectivity index (χ4n) is 2.72. The summed E-state index contributed by atoms with van der Waals surface area (Å²) >= 11 is 0. The van der Waals surface area contributed by atoms with Gasteiger partial charge < -0.3 is 11.1 Å². The first-order valence-electron chi connectivity index (χ1n) is 8.20. The second-order valence-electron chi connectivity index (χ2n) is 6.61. The molecule has 0 bridgehead atoms. The van der Waals surface area contributed by atoms with Crippen LogP contribution >= 0.6 is 0 Å². The highest BCUT2D eigenvalue weighted by Crippen LogP contribution is 2.33. The van der Waals surface area contributed by atoms with Gasteiger partial charge in [-0.15, -0.1) is 0 Å². The van der Waals surface area contributed by atoms with E-state index >= 15 is 0 Å². The van der Waals surface area contributed by atoms with Gasteiger partial charge in [0.1, 0.15) is 5.69 Å². The summed E-state index contributed by atoms with van der Waals surface area (Å²) in [5.74, 6) is 0.0719. The van der Waals surface area contributed by atoms with Crippen molar-refractivity contribution in [2.75, 3.05) is 11.1 Å². The summed E-state index contributed by atoms with van der Waals surface area (Å²) in [5.41, 5.74) is 8.40. The van der Waals surface area contributed by atoms with Crippen LogP contribution in [0.4, 0.5) is 17.1 Å². The predicted molar refractivity (Wildman–Crippen MR) is 100 cm³/mol. The van der Waals surface area contributed by atoms with Gasteiger partial charge in [0.15, 0.2) is 0 Å². The molecule has 1 amide bonds. The molecule has 0 fully saturated rings. The minimum Gasteiger partial charge on any atom is -0.393 e. The van der Waals surface area contributed by atoms with Crippen LogP contribution in [0.25, 0.3) is 0 Å². The molecule has 132 valence electrons. The zero-order valence-corrected chi connectivity index (χ0v) is 14.9. The average Bonchev–Trinajstić information content (AvgIpc) is 2.54. The normalized spacial score (nSPS) is 11.0. The molecular weight excluding hydrogens is 318 g/mol. The van der Waals surface area contributed by atoms with Gasteiger partial charge in [-0.1, -0.05) is 45.9 Å². The van der Waals surface area contributed by atoms with Crippen LogP contribution in [0.5, 0.6) is 0 Å². The zero-order valence-electron chi connectivity index (χ0n) is 14.9. The van der Waals surface area contributed by atoms with Gasteiger partial charge in [0.2, 0.25) is 0 Å². The highest BCUT2D eigenvalue weighted by atomic mass is 16.6. The summed E-state index contributed by atoms with van der Waals surface area (Å²) in [5, 5.41) is 14.0. The Morgan fingerprint density at radius 1 is 1.08 bits per heavy atom. The molecule has 0 heterocycles. The van der Waals surface area contributed by atoms with Crippen molar-refractivity contribution in [2.24, 2.45) is 0 Å². The fourth-order valence-corrected chi connectivity index (χ4v) is 2.72. The summed E-state index contributed by atoms with van der Waals surface area (Å²) in [6, 6.07) is 10.0. The summed E-state index contributed by atoms with van der Waals surface area (Å²) in [6.45, 7) is 8.23. The predicted octanol–water partition coefficient (Wildman–Crippen LogP) is 4.68. The summed E-state index contributed by atoms with van der Waals surface area (Å²) in [7, 11) is 0. The highest BCUT2D eigenvalue weighted by Gasteiger charge is 2.19. The number of hydrogen-bond donors (Lipinski definition) is 2. The maximum absolute atomic E-state index is 12.7. The Balaban J connectivity index is 2.44. The molecule has 3 N–H and O–H groups in total. The highest BCUT2D eigenvalue weighted by molar-refractivity contribution is 6.06. The van der Waals surface area contributed by atoms with Crippen LogP contribution in [-0.2, 0) is 0 Å². The minimum absolute atomic E-state index is 0.0343. The van der Waals surface area contributed by atoms with Crippen LogP contribution in [0.15, 0.2) is 36.4 Å². The molecule has 6 nitrogen and oxygen atoms in total. The van der Waals surface area contributed by atoms with Crippen molar-refractivity contribution in [3.8, 4) is 0 Å². The standard InChI is InChI=1S/C19H23N3O3/c1-11(2)14-6-5-7-15(12(3)4)18(14)21-19(23)13-8-9-16(20)17(10-13)22(24)25/h5-12H,20H2,1-4H3,(H,21,23). The van der Waals surface area contributed by atoms with E-state index in [2.05, 4.69) is 33.0 Å². The number of amides is 1. The van der Waals surface area contributed by atoms with Crippen molar-refractivity contribution in [3.05, 3.63) is 63.2 Å². The van der Waals surface area contributed by atoms with E-state index in [0.29, 0.717) is 0 Å². The Hall–Kier alpha value is -2.89. The van der Waals surface area contributed by atoms with Gasteiger partial charge in [0.25, 0.3) is 11.6 Å². The maximum atomic E-state index is 12.7. The molecule has 0 saturated heterocycles. The lowest BCUT2D eigenvalue weighted by molar-refractivity contribution is -0.383. The first-order chi connectivity index (χ1) is 11.7. The second-order valence-corrected chi connectivity index (χ2v) is 6.61. The molecule has 0 spiro atoms. The van der Waals surface area contributed by atoms with Crippen LogP contribution < -0.4 is 11.1 Å². The Morgan fingerprint density at radius 2 is 1.64 bits per heavy atom. The van der Waals surface area contributed by atoms with Crippen LogP contribution in [-0.4, -0.2) is 10.8 Å². The van der Waals surface area contributed by atoms with Gasteiger partial charge in [-0.2, -0.15) is 0 Å². The number of carbonyl (C=O) groups is 1. The van der Waals surface area contributed by atoms with Crippen molar-refractivity contribution in [1.29, 1.82) is 0 Å². The number of rotatable bonds is 5. The van der Waals surface area contributed by atoms with E-state index in [1.54, 1.807) is 0 Å². The lowest BCUT2D eigenvalue weighted by Crippen LogP contribution is -2.16. The first-order valence-corrected chi connectivity index (χ1v) is 8.20. The van der Waals surface area contributed by atoms with Crippen molar-refractivity contribution in [2.45, 2.75) is 39.5 Å². The number of anilines is 2. The molecule has 0 aliphatic heterocycles. The van der Waals surface area contributed by atoms with E-state index in [4.69, 9.17) is 5.73 Å². The minimum atomic E-state index is -0.590. The molecule has 2 rings (SSSR count). The third kappa shape index (κ3) is 3.96. The third-order valence-electron chi connectivity index (χ3n) is 4.10. The van der Waals surface area contributed by atoms with Crippen molar-refractivity contribution < 1.29 is 9.72 Å². The largest absolute Gasteiger partial charge is 0.393 e. The van der Waals surface area contributed by atoms with E-state index in [1.807, 2.05) is 18.2 Å². The summed E-state index contributed by atoms with van der Waals surface area (Å²) in [6.07, 6.45) is 0. The summed E-state index contributed by atoms with van der Waals surface area (Å²) < 4.78 is 0. The van der Waals surface area contributed by atoms with E-state index in [1.165, 1.54) is 18.2 Å². The molecule has 25 heavy (non-hydrogen) atoms. The molecule has 2 aromatic rings. The number of para-hydroxylation sites is 1. The lowest BCUT2D eigenvalue weighted by Gasteiger charge is -2.20. The zero-order chi connectivity index (χ0) is 18.7. The molecular formula is C19H23N3O3. The number of nitro groups is 1. The number of carbonyl (C=O) groups excluding carboxylic acids is 1. The number of nitrogens with zero attached hydrogens (tertiary/aromatic N) is 1. The number of hydrogen-bond acceptors (Lipinski definition) is 4. The molecule has 6 heteroatoms. The Kier molecular flexibility index (Phi) is 5.41. The van der Waals surface area contributed by atoms with Gasteiger partial charge >= 0.3 is 0 Å². The quantitative estimate of drug-likeness (QED) is 0.469. The number of nitrogens with one attached hydrogen (secondary N) is 1. The molecule has 0 aliphatic rings. The SMILES string of the molecule is CC(C)c1cccc(C(C)C)c1NC(=O)c1ccc(N)c([N+](=O)[O-])c1. The molecule has 0 radical (unpaired) electrons. The topological polar surface area (TPSA) is 98.3 Å². The Labute approximate surface area is 147 Å². The van der Waals surface area contributed by atoms with E-state index in [-0.39, 0.29) is 28.8 Å². The first kappa shape index (κ1) is 18.4. The van der Waals surface area contributed by atoms with E-state index < -0.39 is 10.8 Å². The van der Waals surface area contributed by atoms with E-state index in [0.717, 1.165) is 16.8 Å². The van der Waals surface area contributed by atoms with Gasteiger partial charge in [-0.25, -0.2) is 0 Å². The fraction of sp³-hybridized carbons (Fsp3) is 0.316. The van der Waals surface area contributed by atoms with Gasteiger partial charge in [-0.3, -0.25) is 14.9 Å². The van der Waals surface area contributed by atoms with E-state index in [9.17, 15) is 14.9 Å². The monoisotopic (exact) mass is 341 g/mol. The Bertz CT molecular complexity index is 787. The van der Waals surface area contributed by atoms with Crippen LogP contribution in [0.1, 0.15) is 61.0 Å². The number of benzene rings is 2. The maximum Gasteiger partial charge on any atom is 0.292 e. The molecule has 0 saturated carbocycles. The molecule has 2 aromatic carbocycles. The molecule has 0 aromatic heterocycles. The van der Waals surface area contributed by atoms with Gasteiger partial charge in [0, 0.05) is 17.3 Å². The Morgan fingerprint density at radius 3 is 2.12 bits per heavy atom. The van der Waals surface area contributed by atoms with Crippen molar-refractivity contribution in [1.82, 2.24) is 0 Å². The molecule has 0 aliphatic carbocycles.